The summed E-state index contributed by atoms with van der Waals surface area (Å²) < 4.78 is 1.93. The molecule has 0 unspecified atom stereocenters. The van der Waals surface area contributed by atoms with E-state index in [2.05, 4.69) is 5.10 Å². The molecule has 1 saturated heterocycles. The van der Waals surface area contributed by atoms with Gasteiger partial charge in [0.1, 0.15) is 0 Å². The first-order valence-corrected chi connectivity index (χ1v) is 8.57. The first kappa shape index (κ1) is 16.1. The molecule has 0 radical (unpaired) electrons. The maximum atomic E-state index is 12.9. The maximum Gasteiger partial charge on any atom is 0.254 e. The van der Waals surface area contributed by atoms with E-state index in [4.69, 9.17) is 11.6 Å². The number of nitrogens with zero attached hydrogens (tertiary/aromatic N) is 3. The Morgan fingerprint density at radius 3 is 3.00 bits per heavy atom. The van der Waals surface area contributed by atoms with Crippen molar-refractivity contribution >= 4 is 17.5 Å². The third-order valence-electron chi connectivity index (χ3n) is 4.54. The zero-order valence-electron chi connectivity index (χ0n) is 13.4. The molecule has 1 aliphatic heterocycles. The van der Waals surface area contributed by atoms with Gasteiger partial charge in [-0.1, -0.05) is 11.6 Å². The Hall–Kier alpha value is -1.81. The van der Waals surface area contributed by atoms with Crippen LogP contribution < -0.4 is 0 Å². The molecule has 2 aromatic rings. The van der Waals surface area contributed by atoms with Crippen LogP contribution >= 0.6 is 11.6 Å². The van der Waals surface area contributed by atoms with Crippen molar-refractivity contribution < 1.29 is 4.79 Å². The summed E-state index contributed by atoms with van der Waals surface area (Å²) in [6.45, 7) is 3.62. The van der Waals surface area contributed by atoms with Gasteiger partial charge in [0.25, 0.3) is 5.91 Å². The third-order valence-corrected chi connectivity index (χ3v) is 4.97. The molecule has 1 fully saturated rings. The summed E-state index contributed by atoms with van der Waals surface area (Å²) in [6, 6.07) is 7.75. The molecule has 0 bridgehead atoms. The molecule has 3 rings (SSSR count). The number of halogens is 1. The van der Waals surface area contributed by atoms with Crippen LogP contribution in [0.25, 0.3) is 0 Å². The summed E-state index contributed by atoms with van der Waals surface area (Å²) in [5, 5.41) is 4.95. The van der Waals surface area contributed by atoms with Crippen LogP contribution in [0, 0.1) is 6.92 Å². The van der Waals surface area contributed by atoms with Crippen molar-refractivity contribution in [2.24, 2.45) is 0 Å². The molecule has 1 aromatic carbocycles. The number of benzene rings is 1. The minimum Gasteiger partial charge on any atom is -0.336 e. The summed E-state index contributed by atoms with van der Waals surface area (Å²) in [6.07, 6.45) is 8.04. The number of likely N-dealkylation sites (tertiary alicyclic amines) is 1. The largest absolute Gasteiger partial charge is 0.336 e. The second kappa shape index (κ2) is 7.18. The highest BCUT2D eigenvalue weighted by Gasteiger charge is 2.27. The van der Waals surface area contributed by atoms with Gasteiger partial charge in [0.05, 0.1) is 0 Å². The van der Waals surface area contributed by atoms with Gasteiger partial charge in [-0.3, -0.25) is 9.48 Å². The van der Waals surface area contributed by atoms with Crippen molar-refractivity contribution in [2.75, 3.05) is 6.54 Å². The fourth-order valence-electron chi connectivity index (χ4n) is 3.23. The molecule has 0 N–H and O–H groups in total. The molecule has 1 atom stereocenters. The van der Waals surface area contributed by atoms with Crippen LogP contribution in [0.5, 0.6) is 0 Å². The van der Waals surface area contributed by atoms with Gasteiger partial charge in [-0.2, -0.15) is 5.10 Å². The van der Waals surface area contributed by atoms with Crippen LogP contribution in [-0.4, -0.2) is 33.2 Å². The van der Waals surface area contributed by atoms with Crippen molar-refractivity contribution in [1.29, 1.82) is 0 Å². The lowest BCUT2D eigenvalue weighted by molar-refractivity contribution is 0.0594. The number of hydrogen-bond donors (Lipinski definition) is 0. The van der Waals surface area contributed by atoms with Gasteiger partial charge in [0.2, 0.25) is 0 Å². The number of amides is 1. The van der Waals surface area contributed by atoms with Crippen LogP contribution in [0.15, 0.2) is 36.7 Å². The topological polar surface area (TPSA) is 38.1 Å². The Morgan fingerprint density at radius 2 is 2.26 bits per heavy atom. The van der Waals surface area contributed by atoms with E-state index in [0.29, 0.717) is 5.02 Å². The summed E-state index contributed by atoms with van der Waals surface area (Å²) in [5.74, 6) is 0.120. The number of aromatic nitrogens is 2. The van der Waals surface area contributed by atoms with Crippen molar-refractivity contribution in [1.82, 2.24) is 14.7 Å². The molecule has 0 aliphatic carbocycles. The first-order valence-electron chi connectivity index (χ1n) is 8.19. The summed E-state index contributed by atoms with van der Waals surface area (Å²) >= 11 is 6.07. The number of carbonyl (C=O) groups is 1. The smallest absolute Gasteiger partial charge is 0.254 e. The molecule has 1 aromatic heterocycles. The number of piperidine rings is 1. The predicted octanol–water partition coefficient (Wildman–Crippen LogP) is 3.93. The fourth-order valence-corrected chi connectivity index (χ4v) is 3.34. The normalized spacial score (nSPS) is 18.2. The highest BCUT2D eigenvalue weighted by molar-refractivity contribution is 6.31. The molecular weight excluding hydrogens is 310 g/mol. The Labute approximate surface area is 142 Å². The molecule has 2 heterocycles. The van der Waals surface area contributed by atoms with Crippen LogP contribution in [0.1, 0.15) is 41.6 Å². The molecule has 122 valence electrons. The lowest BCUT2D eigenvalue weighted by atomic mass is 9.98. The van der Waals surface area contributed by atoms with Gasteiger partial charge in [-0.25, -0.2) is 0 Å². The Bertz CT molecular complexity index is 669. The highest BCUT2D eigenvalue weighted by atomic mass is 35.5. The van der Waals surface area contributed by atoms with E-state index in [1.54, 1.807) is 6.20 Å². The average molecular weight is 332 g/mol. The van der Waals surface area contributed by atoms with Crippen molar-refractivity contribution in [3.05, 3.63) is 52.8 Å². The highest BCUT2D eigenvalue weighted by Crippen LogP contribution is 2.24. The van der Waals surface area contributed by atoms with Gasteiger partial charge >= 0.3 is 0 Å². The standard InChI is InChI=1S/C18H22ClN3O/c1-14-13-15(6-7-17(14)19)18(23)22-11-3-2-5-16(22)8-12-21-10-4-9-20-21/h4,6-7,9-10,13,16H,2-3,5,8,11-12H2,1H3/t16-/m1/s1. The van der Waals surface area contributed by atoms with E-state index in [-0.39, 0.29) is 11.9 Å². The zero-order chi connectivity index (χ0) is 16.2. The van der Waals surface area contributed by atoms with Gasteiger partial charge < -0.3 is 4.90 Å². The van der Waals surface area contributed by atoms with E-state index in [9.17, 15) is 4.79 Å². The van der Waals surface area contributed by atoms with E-state index in [1.807, 2.05) is 47.0 Å². The van der Waals surface area contributed by atoms with Crippen molar-refractivity contribution in [3.8, 4) is 0 Å². The zero-order valence-corrected chi connectivity index (χ0v) is 14.2. The van der Waals surface area contributed by atoms with Crippen molar-refractivity contribution in [2.45, 2.75) is 45.2 Å². The van der Waals surface area contributed by atoms with Crippen molar-refractivity contribution in [3.63, 3.8) is 0 Å². The molecular formula is C18H22ClN3O. The van der Waals surface area contributed by atoms with E-state index >= 15 is 0 Å². The fraction of sp³-hybridized carbons (Fsp3) is 0.444. The quantitative estimate of drug-likeness (QED) is 0.851. The Morgan fingerprint density at radius 1 is 1.39 bits per heavy atom. The van der Waals surface area contributed by atoms with E-state index in [0.717, 1.165) is 43.5 Å². The SMILES string of the molecule is Cc1cc(C(=O)N2CCCC[C@@H]2CCn2cccn2)ccc1Cl. The summed E-state index contributed by atoms with van der Waals surface area (Å²) in [4.78, 5) is 14.9. The second-order valence-electron chi connectivity index (χ2n) is 6.17. The molecule has 4 nitrogen and oxygen atoms in total. The lowest BCUT2D eigenvalue weighted by Gasteiger charge is -2.36. The molecule has 1 amide bonds. The van der Waals surface area contributed by atoms with Crippen LogP contribution in [0.4, 0.5) is 0 Å². The third kappa shape index (κ3) is 3.75. The minimum absolute atomic E-state index is 0.120. The van der Waals surface area contributed by atoms with Crippen LogP contribution in [0.2, 0.25) is 5.02 Å². The predicted molar refractivity (Wildman–Crippen MR) is 91.7 cm³/mol. The van der Waals surface area contributed by atoms with Crippen LogP contribution in [-0.2, 0) is 6.54 Å². The number of carbonyl (C=O) groups excluding carboxylic acids is 1. The lowest BCUT2D eigenvalue weighted by Crippen LogP contribution is -2.44. The molecule has 0 spiro atoms. The van der Waals surface area contributed by atoms with Gasteiger partial charge in [0, 0.05) is 42.1 Å². The minimum atomic E-state index is 0.120. The summed E-state index contributed by atoms with van der Waals surface area (Å²) in [7, 11) is 0. The Balaban J connectivity index is 1.71. The van der Waals surface area contributed by atoms with Crippen LogP contribution in [0.3, 0.4) is 0 Å². The molecule has 1 aliphatic rings. The first-order chi connectivity index (χ1) is 11.1. The van der Waals surface area contributed by atoms with E-state index < -0.39 is 0 Å². The second-order valence-corrected chi connectivity index (χ2v) is 6.58. The van der Waals surface area contributed by atoms with Gasteiger partial charge in [-0.15, -0.1) is 0 Å². The number of hydrogen-bond acceptors (Lipinski definition) is 2. The Kier molecular flexibility index (Phi) is 5.01. The average Bonchev–Trinajstić information content (AvgIpc) is 3.08. The van der Waals surface area contributed by atoms with E-state index in [1.165, 1.54) is 6.42 Å². The molecule has 5 heteroatoms. The van der Waals surface area contributed by atoms with Gasteiger partial charge in [0.15, 0.2) is 0 Å². The number of rotatable bonds is 4. The van der Waals surface area contributed by atoms with Gasteiger partial charge in [-0.05, 0) is 62.4 Å². The molecule has 23 heavy (non-hydrogen) atoms. The number of aryl methyl sites for hydroxylation is 2. The maximum absolute atomic E-state index is 12.9. The molecule has 0 saturated carbocycles. The monoisotopic (exact) mass is 331 g/mol. The summed E-state index contributed by atoms with van der Waals surface area (Å²) in [5.41, 5.74) is 1.68.